The molecule has 2 aromatic carbocycles. The number of hydrogen-bond donors (Lipinski definition) is 1. The largest absolute Gasteiger partial charge is 0.489 e. The third kappa shape index (κ3) is 6.45. The summed E-state index contributed by atoms with van der Waals surface area (Å²) < 4.78 is 7.93. The van der Waals surface area contributed by atoms with Gasteiger partial charge in [0.1, 0.15) is 5.75 Å². The highest BCUT2D eigenvalue weighted by molar-refractivity contribution is 6.32. The maximum atomic E-state index is 13.4. The van der Waals surface area contributed by atoms with Gasteiger partial charge in [-0.05, 0) is 44.0 Å². The lowest BCUT2D eigenvalue weighted by Crippen LogP contribution is -2.51. The average molecular weight is 514 g/mol. The molecule has 10 nitrogen and oxygen atoms in total. The second kappa shape index (κ2) is 11.8. The molecule has 0 aliphatic rings. The summed E-state index contributed by atoms with van der Waals surface area (Å²) in [5, 5.41) is 2.73. The van der Waals surface area contributed by atoms with E-state index >= 15 is 0 Å². The fourth-order valence-corrected chi connectivity index (χ4v) is 3.56. The van der Waals surface area contributed by atoms with Crippen LogP contribution in [0.5, 0.6) is 5.75 Å². The number of benzene rings is 2. The number of carbonyl (C=O) groups excluding carboxylic acids is 1. The first-order chi connectivity index (χ1) is 17.1. The summed E-state index contributed by atoms with van der Waals surface area (Å²) in [5.74, 6) is -1.40. The highest BCUT2D eigenvalue weighted by Crippen LogP contribution is 2.29. The van der Waals surface area contributed by atoms with Crippen LogP contribution in [0.2, 0.25) is 5.02 Å². The number of nitrogens with zero attached hydrogens (tertiary/aromatic N) is 4. The topological polar surface area (TPSA) is 128 Å². The van der Waals surface area contributed by atoms with E-state index in [1.165, 1.54) is 11.5 Å². The molecule has 11 heteroatoms. The van der Waals surface area contributed by atoms with Crippen LogP contribution >= 0.6 is 11.6 Å². The van der Waals surface area contributed by atoms with E-state index in [-0.39, 0.29) is 24.8 Å². The van der Waals surface area contributed by atoms with E-state index in [2.05, 4.69) is 15.2 Å². The molecule has 0 aliphatic heterocycles. The van der Waals surface area contributed by atoms with Gasteiger partial charge in [-0.3, -0.25) is 14.3 Å². The van der Waals surface area contributed by atoms with Gasteiger partial charge in [0.05, 0.1) is 29.3 Å². The number of H-pyrrole nitrogens is 1. The number of amides is 1. The van der Waals surface area contributed by atoms with Gasteiger partial charge >= 0.3 is 11.4 Å². The summed E-state index contributed by atoms with van der Waals surface area (Å²) in [6.45, 7) is 7.10. The van der Waals surface area contributed by atoms with Gasteiger partial charge in [0.25, 0.3) is 5.91 Å². The quantitative estimate of drug-likeness (QED) is 0.436. The molecule has 0 saturated carbocycles. The molecule has 0 bridgehead atoms. The first kappa shape index (κ1) is 26.8. The Morgan fingerprint density at radius 3 is 2.42 bits per heavy atom. The van der Waals surface area contributed by atoms with Crippen LogP contribution in [0, 0.1) is 17.7 Å². The van der Waals surface area contributed by atoms with Gasteiger partial charge in [-0.2, -0.15) is 0 Å². The molecule has 1 amide bonds. The SMILES string of the molecule is CC[C@@H](C)Oc1ccc(/N=c2\[nH]c(=O)n(C[C@H](C)C(=O)N=O)c(=O)n2Cc2ccc(C)cc2)cc1Cl. The lowest BCUT2D eigenvalue weighted by molar-refractivity contribution is -0.121. The standard InChI is InChI=1S/C25H28ClN5O5/c1-5-17(4)36-21-11-10-19(12-20(21)26)27-23-28-24(33)31(13-16(3)22(32)29-35)25(34)30(23)14-18-8-6-15(2)7-9-18/h6-12,16-17H,5,13-14H2,1-4H3,(H,27,28,33)/t16-,17+/m0/s1. The Bertz CT molecular complexity index is 1440. The highest BCUT2D eigenvalue weighted by Gasteiger charge is 2.18. The van der Waals surface area contributed by atoms with E-state index in [0.717, 1.165) is 22.1 Å². The Labute approximate surface area is 212 Å². The number of rotatable bonds is 9. The fourth-order valence-electron chi connectivity index (χ4n) is 3.34. The van der Waals surface area contributed by atoms with Gasteiger partial charge in [0.15, 0.2) is 0 Å². The van der Waals surface area contributed by atoms with Gasteiger partial charge in [0, 0.05) is 11.7 Å². The minimum Gasteiger partial charge on any atom is -0.489 e. The lowest BCUT2D eigenvalue weighted by atomic mass is 10.1. The van der Waals surface area contributed by atoms with E-state index in [9.17, 15) is 19.3 Å². The number of aromatic amines is 1. The molecule has 2 atom stereocenters. The van der Waals surface area contributed by atoms with Crippen molar-refractivity contribution in [2.24, 2.45) is 16.1 Å². The van der Waals surface area contributed by atoms with E-state index in [1.807, 2.05) is 45.0 Å². The predicted octanol–water partition coefficient (Wildman–Crippen LogP) is 3.69. The van der Waals surface area contributed by atoms with Crippen molar-refractivity contribution in [1.29, 1.82) is 0 Å². The normalized spacial score (nSPS) is 13.3. The second-order valence-corrected chi connectivity index (χ2v) is 9.02. The summed E-state index contributed by atoms with van der Waals surface area (Å²) >= 11 is 6.37. The number of aryl methyl sites for hydroxylation is 1. The molecule has 190 valence electrons. The Morgan fingerprint density at radius 2 is 1.81 bits per heavy atom. The van der Waals surface area contributed by atoms with Crippen LogP contribution < -0.4 is 21.7 Å². The molecule has 0 unspecified atom stereocenters. The number of aromatic nitrogens is 3. The number of nitrogens with one attached hydrogen (secondary N) is 1. The third-order valence-corrected chi connectivity index (χ3v) is 5.96. The van der Waals surface area contributed by atoms with Crippen LogP contribution in [0.15, 0.2) is 62.2 Å². The molecule has 0 spiro atoms. The van der Waals surface area contributed by atoms with Crippen molar-refractivity contribution >= 4 is 23.2 Å². The van der Waals surface area contributed by atoms with E-state index in [4.69, 9.17) is 16.3 Å². The Hall–Kier alpha value is -3.79. The predicted molar refractivity (Wildman–Crippen MR) is 137 cm³/mol. The molecule has 0 aliphatic carbocycles. The van der Waals surface area contributed by atoms with Crippen molar-refractivity contribution in [2.75, 3.05) is 0 Å². The molecule has 1 N–H and O–H groups in total. The maximum Gasteiger partial charge on any atom is 0.335 e. The van der Waals surface area contributed by atoms with E-state index in [0.29, 0.717) is 16.5 Å². The minimum atomic E-state index is -0.950. The van der Waals surface area contributed by atoms with Crippen molar-refractivity contribution in [3.05, 3.63) is 90.1 Å². The third-order valence-electron chi connectivity index (χ3n) is 5.66. The summed E-state index contributed by atoms with van der Waals surface area (Å²) in [6.07, 6.45) is 0.793. The summed E-state index contributed by atoms with van der Waals surface area (Å²) in [5.41, 5.74) is 0.790. The fraction of sp³-hybridized carbons (Fsp3) is 0.360. The molecule has 3 rings (SSSR count). The molecular formula is C25H28ClN5O5. The van der Waals surface area contributed by atoms with Gasteiger partial charge < -0.3 is 4.74 Å². The first-order valence-corrected chi connectivity index (χ1v) is 11.9. The molecule has 36 heavy (non-hydrogen) atoms. The summed E-state index contributed by atoms with van der Waals surface area (Å²) in [6, 6.07) is 12.5. The van der Waals surface area contributed by atoms with Crippen molar-refractivity contribution in [1.82, 2.24) is 14.1 Å². The number of nitroso groups, excluding NO2 is 1. The average Bonchev–Trinajstić information content (AvgIpc) is 2.86. The zero-order chi connectivity index (χ0) is 26.4. The van der Waals surface area contributed by atoms with Crippen LogP contribution in [0.4, 0.5) is 5.69 Å². The van der Waals surface area contributed by atoms with Crippen LogP contribution in [0.3, 0.4) is 0 Å². The number of ether oxygens (including phenoxy) is 1. The Kier molecular flexibility index (Phi) is 8.76. The molecule has 0 radical (unpaired) electrons. The molecule has 0 fully saturated rings. The molecular weight excluding hydrogens is 486 g/mol. The highest BCUT2D eigenvalue weighted by atomic mass is 35.5. The molecule has 3 aromatic rings. The zero-order valence-electron chi connectivity index (χ0n) is 20.5. The monoisotopic (exact) mass is 513 g/mol. The van der Waals surface area contributed by atoms with Gasteiger partial charge in [-0.25, -0.2) is 19.1 Å². The lowest BCUT2D eigenvalue weighted by Gasteiger charge is -2.14. The van der Waals surface area contributed by atoms with Crippen LogP contribution in [0.25, 0.3) is 0 Å². The Balaban J connectivity index is 2.13. The summed E-state index contributed by atoms with van der Waals surface area (Å²) in [4.78, 5) is 55.5. The van der Waals surface area contributed by atoms with Gasteiger partial charge in [-0.15, -0.1) is 4.91 Å². The van der Waals surface area contributed by atoms with Crippen molar-refractivity contribution in [3.63, 3.8) is 0 Å². The van der Waals surface area contributed by atoms with Crippen molar-refractivity contribution in [3.8, 4) is 5.75 Å². The van der Waals surface area contributed by atoms with Gasteiger partial charge in [0.2, 0.25) is 5.62 Å². The number of carbonyl (C=O) groups is 1. The molecule has 1 aromatic heterocycles. The van der Waals surface area contributed by atoms with Crippen LogP contribution in [0.1, 0.15) is 38.3 Å². The van der Waals surface area contributed by atoms with Gasteiger partial charge in [-0.1, -0.05) is 55.3 Å². The smallest absolute Gasteiger partial charge is 0.335 e. The second-order valence-electron chi connectivity index (χ2n) is 8.61. The van der Waals surface area contributed by atoms with E-state index < -0.39 is 23.2 Å². The number of halogens is 1. The number of hydrogen-bond acceptors (Lipinski definition) is 6. The van der Waals surface area contributed by atoms with Crippen molar-refractivity contribution in [2.45, 2.75) is 53.3 Å². The Morgan fingerprint density at radius 1 is 1.11 bits per heavy atom. The zero-order valence-corrected chi connectivity index (χ0v) is 21.3. The molecule has 0 saturated heterocycles. The van der Waals surface area contributed by atoms with Crippen molar-refractivity contribution < 1.29 is 9.53 Å². The van der Waals surface area contributed by atoms with Crippen LogP contribution in [-0.4, -0.2) is 26.1 Å². The van der Waals surface area contributed by atoms with Crippen LogP contribution in [-0.2, 0) is 17.9 Å². The maximum absolute atomic E-state index is 13.4. The summed E-state index contributed by atoms with van der Waals surface area (Å²) in [7, 11) is 0. The molecule has 1 heterocycles. The first-order valence-electron chi connectivity index (χ1n) is 11.5. The van der Waals surface area contributed by atoms with E-state index in [1.54, 1.807) is 18.2 Å². The minimum absolute atomic E-state index is 0.000906.